The van der Waals surface area contributed by atoms with Crippen LogP contribution in [-0.2, 0) is 4.74 Å². The molecule has 3 rings (SSSR count). The Hall–Kier alpha value is -1.59. The molecule has 0 radical (unpaired) electrons. The van der Waals surface area contributed by atoms with Gasteiger partial charge < -0.3 is 15.0 Å². The van der Waals surface area contributed by atoms with Crippen LogP contribution in [0.3, 0.4) is 0 Å². The number of nitrogens with zero attached hydrogens (tertiary/aromatic N) is 1. The second-order valence-electron chi connectivity index (χ2n) is 6.62. The largest absolute Gasteiger partial charge is 0.444 e. The fraction of sp³-hybridized carbons (Fsp3) is 0.471. The standard InChI is InChI=1S/C17H22N2O2S/c1-17(2,3)21-16(20)19-9-8-18-13(11-19)15-10-12-6-4-5-7-14(12)22-15/h4-7,10,13,18H,8-9,11H2,1-3H3. The number of rotatable bonds is 1. The van der Waals surface area contributed by atoms with Gasteiger partial charge in [0, 0.05) is 29.2 Å². The van der Waals surface area contributed by atoms with Crippen LogP contribution in [-0.4, -0.2) is 36.2 Å². The normalized spacial score (nSPS) is 19.4. The zero-order valence-corrected chi connectivity index (χ0v) is 14.1. The van der Waals surface area contributed by atoms with Crippen molar-refractivity contribution in [1.82, 2.24) is 10.2 Å². The molecule has 0 bridgehead atoms. The molecule has 4 nitrogen and oxygen atoms in total. The number of fused-ring (bicyclic) bond motifs is 1. The van der Waals surface area contributed by atoms with E-state index in [-0.39, 0.29) is 12.1 Å². The van der Waals surface area contributed by atoms with Gasteiger partial charge in [-0.05, 0) is 38.3 Å². The van der Waals surface area contributed by atoms with Gasteiger partial charge in [-0.1, -0.05) is 18.2 Å². The van der Waals surface area contributed by atoms with Crippen LogP contribution in [0, 0.1) is 0 Å². The molecule has 1 fully saturated rings. The predicted molar refractivity (Wildman–Crippen MR) is 90.4 cm³/mol. The van der Waals surface area contributed by atoms with E-state index in [1.165, 1.54) is 15.0 Å². The monoisotopic (exact) mass is 318 g/mol. The van der Waals surface area contributed by atoms with Crippen LogP contribution in [0.2, 0.25) is 0 Å². The van der Waals surface area contributed by atoms with Gasteiger partial charge in [-0.3, -0.25) is 0 Å². The summed E-state index contributed by atoms with van der Waals surface area (Å²) in [6, 6.07) is 10.8. The highest BCUT2D eigenvalue weighted by molar-refractivity contribution is 7.19. The number of piperazine rings is 1. The molecule has 1 unspecified atom stereocenters. The molecule has 1 N–H and O–H groups in total. The molecule has 1 aliphatic rings. The van der Waals surface area contributed by atoms with E-state index < -0.39 is 5.60 Å². The first-order chi connectivity index (χ1) is 10.4. The minimum atomic E-state index is -0.449. The van der Waals surface area contributed by atoms with Gasteiger partial charge in [0.2, 0.25) is 0 Å². The SMILES string of the molecule is CC(C)(C)OC(=O)N1CCNC(c2cc3ccccc3s2)C1. The van der Waals surface area contributed by atoms with Crippen molar-refractivity contribution in [3.05, 3.63) is 35.2 Å². The molecule has 118 valence electrons. The molecular weight excluding hydrogens is 296 g/mol. The zero-order chi connectivity index (χ0) is 15.7. The van der Waals surface area contributed by atoms with Crippen molar-refractivity contribution in [2.24, 2.45) is 0 Å². The highest BCUT2D eigenvalue weighted by Gasteiger charge is 2.28. The summed E-state index contributed by atoms with van der Waals surface area (Å²) in [5.74, 6) is 0. The average Bonchev–Trinajstić information content (AvgIpc) is 2.89. The third kappa shape index (κ3) is 3.42. The number of ether oxygens (including phenoxy) is 1. The van der Waals surface area contributed by atoms with Crippen molar-refractivity contribution in [1.29, 1.82) is 0 Å². The highest BCUT2D eigenvalue weighted by atomic mass is 32.1. The van der Waals surface area contributed by atoms with Gasteiger partial charge in [-0.2, -0.15) is 0 Å². The summed E-state index contributed by atoms with van der Waals surface area (Å²) in [7, 11) is 0. The maximum atomic E-state index is 12.2. The Balaban J connectivity index is 1.74. The van der Waals surface area contributed by atoms with E-state index in [4.69, 9.17) is 4.74 Å². The number of nitrogens with one attached hydrogen (secondary N) is 1. The Labute approximate surface area is 135 Å². The molecule has 1 amide bonds. The molecule has 1 aromatic heterocycles. The van der Waals surface area contributed by atoms with Crippen molar-refractivity contribution < 1.29 is 9.53 Å². The first-order valence-electron chi connectivity index (χ1n) is 7.62. The first kappa shape index (κ1) is 15.3. The first-order valence-corrected chi connectivity index (χ1v) is 8.44. The fourth-order valence-electron chi connectivity index (χ4n) is 2.61. The summed E-state index contributed by atoms with van der Waals surface area (Å²) < 4.78 is 6.77. The van der Waals surface area contributed by atoms with Gasteiger partial charge in [-0.15, -0.1) is 11.3 Å². The molecule has 2 aromatic rings. The molecule has 2 heterocycles. The number of amides is 1. The summed E-state index contributed by atoms with van der Waals surface area (Å²) in [6.45, 7) is 7.83. The Morgan fingerprint density at radius 1 is 1.36 bits per heavy atom. The Kier molecular flexibility index (Phi) is 4.10. The lowest BCUT2D eigenvalue weighted by atomic mass is 10.1. The van der Waals surface area contributed by atoms with Crippen molar-refractivity contribution in [3.8, 4) is 0 Å². The summed E-state index contributed by atoms with van der Waals surface area (Å²) in [6.07, 6.45) is -0.222. The molecule has 1 atom stereocenters. The zero-order valence-electron chi connectivity index (χ0n) is 13.3. The van der Waals surface area contributed by atoms with Gasteiger partial charge in [0.15, 0.2) is 0 Å². The van der Waals surface area contributed by atoms with E-state index in [9.17, 15) is 4.79 Å². The van der Waals surface area contributed by atoms with Gasteiger partial charge in [0.25, 0.3) is 0 Å². The lowest BCUT2D eigenvalue weighted by Gasteiger charge is -2.34. The van der Waals surface area contributed by atoms with Gasteiger partial charge in [0.1, 0.15) is 5.60 Å². The lowest BCUT2D eigenvalue weighted by Crippen LogP contribution is -2.49. The maximum Gasteiger partial charge on any atom is 0.410 e. The maximum absolute atomic E-state index is 12.2. The molecule has 0 spiro atoms. The topological polar surface area (TPSA) is 41.6 Å². The molecule has 1 aliphatic heterocycles. The van der Waals surface area contributed by atoms with Gasteiger partial charge in [-0.25, -0.2) is 4.79 Å². The number of benzene rings is 1. The second kappa shape index (κ2) is 5.89. The van der Waals surface area contributed by atoms with Gasteiger partial charge in [0.05, 0.1) is 6.04 Å². The third-order valence-electron chi connectivity index (χ3n) is 3.62. The smallest absolute Gasteiger partial charge is 0.410 e. The average molecular weight is 318 g/mol. The van der Waals surface area contributed by atoms with Crippen molar-refractivity contribution in [2.75, 3.05) is 19.6 Å². The minimum absolute atomic E-state index is 0.179. The summed E-state index contributed by atoms with van der Waals surface area (Å²) in [5.41, 5.74) is -0.449. The van der Waals surface area contributed by atoms with Crippen LogP contribution >= 0.6 is 11.3 Å². The minimum Gasteiger partial charge on any atom is -0.444 e. The third-order valence-corrected chi connectivity index (χ3v) is 4.84. The van der Waals surface area contributed by atoms with E-state index >= 15 is 0 Å². The van der Waals surface area contributed by atoms with E-state index in [2.05, 4.69) is 35.6 Å². The summed E-state index contributed by atoms with van der Waals surface area (Å²) in [5, 5.41) is 4.77. The molecule has 22 heavy (non-hydrogen) atoms. The lowest BCUT2D eigenvalue weighted by molar-refractivity contribution is 0.0196. The van der Waals surface area contributed by atoms with Crippen LogP contribution < -0.4 is 5.32 Å². The Morgan fingerprint density at radius 3 is 2.86 bits per heavy atom. The van der Waals surface area contributed by atoms with Crippen LogP contribution in [0.25, 0.3) is 10.1 Å². The van der Waals surface area contributed by atoms with Crippen molar-refractivity contribution >= 4 is 27.5 Å². The Bertz CT molecular complexity index is 642. The fourth-order valence-corrected chi connectivity index (χ4v) is 3.74. The van der Waals surface area contributed by atoms with E-state index in [1.807, 2.05) is 20.8 Å². The second-order valence-corrected chi connectivity index (χ2v) is 7.74. The van der Waals surface area contributed by atoms with Gasteiger partial charge >= 0.3 is 6.09 Å². The van der Waals surface area contributed by atoms with Crippen molar-refractivity contribution in [2.45, 2.75) is 32.4 Å². The van der Waals surface area contributed by atoms with Crippen molar-refractivity contribution in [3.63, 3.8) is 0 Å². The molecular formula is C17H22N2O2S. The summed E-state index contributed by atoms with van der Waals surface area (Å²) >= 11 is 1.79. The number of carbonyl (C=O) groups is 1. The number of hydrogen-bond donors (Lipinski definition) is 1. The van der Waals surface area contributed by atoms with Crippen LogP contribution in [0.15, 0.2) is 30.3 Å². The molecule has 0 aliphatic carbocycles. The summed E-state index contributed by atoms with van der Waals surface area (Å²) in [4.78, 5) is 15.3. The van der Waals surface area contributed by atoms with E-state index in [0.717, 1.165) is 6.54 Å². The number of carbonyl (C=O) groups excluding carboxylic acids is 1. The Morgan fingerprint density at radius 2 is 2.14 bits per heavy atom. The molecule has 1 saturated heterocycles. The number of thiophene rings is 1. The predicted octanol–water partition coefficient (Wildman–Crippen LogP) is 3.78. The molecule has 5 heteroatoms. The number of hydrogen-bond acceptors (Lipinski definition) is 4. The van der Waals surface area contributed by atoms with Crippen LogP contribution in [0.4, 0.5) is 4.79 Å². The van der Waals surface area contributed by atoms with E-state index in [1.54, 1.807) is 16.2 Å². The molecule has 1 aromatic carbocycles. The highest BCUT2D eigenvalue weighted by Crippen LogP contribution is 2.31. The molecule has 0 saturated carbocycles. The van der Waals surface area contributed by atoms with Crippen LogP contribution in [0.1, 0.15) is 31.7 Å². The van der Waals surface area contributed by atoms with Crippen LogP contribution in [0.5, 0.6) is 0 Å². The quantitative estimate of drug-likeness (QED) is 0.870. The van der Waals surface area contributed by atoms with E-state index in [0.29, 0.717) is 13.1 Å².